The van der Waals surface area contributed by atoms with Crippen LogP contribution in [0.5, 0.6) is 0 Å². The molecule has 0 aliphatic carbocycles. The molecule has 0 aromatic heterocycles. The molecule has 0 aromatic rings. The Kier molecular flexibility index (Phi) is 6.01. The highest BCUT2D eigenvalue weighted by molar-refractivity contribution is 7.91. The van der Waals surface area contributed by atoms with Crippen molar-refractivity contribution < 1.29 is 17.9 Å². The first-order chi connectivity index (χ1) is 10.0. The number of sulfone groups is 1. The van der Waals surface area contributed by atoms with Crippen molar-refractivity contribution in [3.05, 3.63) is 0 Å². The maximum atomic E-state index is 12.8. The van der Waals surface area contributed by atoms with Crippen LogP contribution in [0, 0.1) is 0 Å². The van der Waals surface area contributed by atoms with Gasteiger partial charge in [0, 0.05) is 19.7 Å². The van der Waals surface area contributed by atoms with Gasteiger partial charge in [0.25, 0.3) is 0 Å². The molecular weight excluding hydrogens is 292 g/mol. The molecule has 0 aromatic carbocycles. The average Bonchev–Trinajstić information content (AvgIpc) is 2.68. The van der Waals surface area contributed by atoms with Crippen LogP contribution in [-0.4, -0.2) is 69.6 Å². The van der Waals surface area contributed by atoms with Crippen LogP contribution in [0.3, 0.4) is 0 Å². The fraction of sp³-hybridized carbons (Fsp3) is 0.929. The predicted octanol–water partition coefficient (Wildman–Crippen LogP) is 0.181. The lowest BCUT2D eigenvalue weighted by Crippen LogP contribution is -2.51. The van der Waals surface area contributed by atoms with E-state index >= 15 is 0 Å². The average molecular weight is 318 g/mol. The molecule has 2 heterocycles. The molecule has 7 heteroatoms. The van der Waals surface area contributed by atoms with E-state index in [2.05, 4.69) is 5.32 Å². The summed E-state index contributed by atoms with van der Waals surface area (Å²) < 4.78 is 28.5. The van der Waals surface area contributed by atoms with Crippen LogP contribution in [0.15, 0.2) is 0 Å². The summed E-state index contributed by atoms with van der Waals surface area (Å²) in [4.78, 5) is 14.5. The molecule has 2 saturated heterocycles. The van der Waals surface area contributed by atoms with Crippen molar-refractivity contribution in [1.82, 2.24) is 10.2 Å². The SMILES string of the molecule is COCCN(C(=O)C1CCCCCN1)C1CCS(=O)(=O)C1. The summed E-state index contributed by atoms with van der Waals surface area (Å²) in [5.41, 5.74) is 0. The smallest absolute Gasteiger partial charge is 0.240 e. The van der Waals surface area contributed by atoms with Gasteiger partial charge in [-0.3, -0.25) is 4.79 Å². The molecule has 122 valence electrons. The molecule has 2 fully saturated rings. The maximum absolute atomic E-state index is 12.8. The standard InChI is InChI=1S/C14H26N2O4S/c1-20-9-8-16(12-6-10-21(18,19)11-12)14(17)13-5-3-2-4-7-15-13/h12-13,15H,2-11H2,1H3. The maximum Gasteiger partial charge on any atom is 0.240 e. The van der Waals surface area contributed by atoms with E-state index in [4.69, 9.17) is 4.74 Å². The lowest BCUT2D eigenvalue weighted by atomic mass is 10.1. The summed E-state index contributed by atoms with van der Waals surface area (Å²) in [7, 11) is -1.40. The van der Waals surface area contributed by atoms with Gasteiger partial charge in [-0.25, -0.2) is 8.42 Å². The fourth-order valence-electron chi connectivity index (χ4n) is 3.12. The van der Waals surface area contributed by atoms with Gasteiger partial charge in [0.1, 0.15) is 0 Å². The number of hydrogen-bond acceptors (Lipinski definition) is 5. The van der Waals surface area contributed by atoms with Crippen LogP contribution in [0.25, 0.3) is 0 Å². The molecule has 0 spiro atoms. The van der Waals surface area contributed by atoms with Crippen LogP contribution >= 0.6 is 0 Å². The molecule has 2 rings (SSSR count). The third-order valence-corrected chi connectivity index (χ3v) is 6.08. The van der Waals surface area contributed by atoms with Crippen molar-refractivity contribution in [3.8, 4) is 0 Å². The van der Waals surface area contributed by atoms with E-state index in [9.17, 15) is 13.2 Å². The van der Waals surface area contributed by atoms with Gasteiger partial charge in [0.2, 0.25) is 5.91 Å². The monoisotopic (exact) mass is 318 g/mol. The van der Waals surface area contributed by atoms with Crippen LogP contribution in [0.4, 0.5) is 0 Å². The first-order valence-corrected chi connectivity index (χ1v) is 9.59. The summed E-state index contributed by atoms with van der Waals surface area (Å²) in [5, 5.41) is 3.30. The Morgan fingerprint density at radius 2 is 2.10 bits per heavy atom. The van der Waals surface area contributed by atoms with Gasteiger partial charge in [-0.15, -0.1) is 0 Å². The van der Waals surface area contributed by atoms with Crippen LogP contribution in [0.1, 0.15) is 32.1 Å². The van der Waals surface area contributed by atoms with Gasteiger partial charge in [0.05, 0.1) is 24.2 Å². The van der Waals surface area contributed by atoms with Crippen molar-refractivity contribution in [2.24, 2.45) is 0 Å². The van der Waals surface area contributed by atoms with E-state index in [-0.39, 0.29) is 29.5 Å². The number of amides is 1. The van der Waals surface area contributed by atoms with Crippen molar-refractivity contribution in [3.63, 3.8) is 0 Å². The van der Waals surface area contributed by atoms with Crippen molar-refractivity contribution in [2.75, 3.05) is 38.3 Å². The van der Waals surface area contributed by atoms with E-state index in [1.807, 2.05) is 0 Å². The molecule has 2 aliphatic rings. The highest BCUT2D eigenvalue weighted by Gasteiger charge is 2.36. The van der Waals surface area contributed by atoms with Gasteiger partial charge in [-0.1, -0.05) is 12.8 Å². The minimum atomic E-state index is -2.99. The first-order valence-electron chi connectivity index (χ1n) is 7.77. The minimum Gasteiger partial charge on any atom is -0.383 e. The number of hydrogen-bond donors (Lipinski definition) is 1. The molecule has 0 saturated carbocycles. The highest BCUT2D eigenvalue weighted by Crippen LogP contribution is 2.20. The number of nitrogens with zero attached hydrogens (tertiary/aromatic N) is 1. The molecule has 2 aliphatic heterocycles. The normalized spacial score (nSPS) is 29.0. The number of methoxy groups -OCH3 is 1. The predicted molar refractivity (Wildman–Crippen MR) is 80.9 cm³/mol. The van der Waals surface area contributed by atoms with E-state index in [1.165, 1.54) is 0 Å². The molecule has 21 heavy (non-hydrogen) atoms. The van der Waals surface area contributed by atoms with Crippen molar-refractivity contribution in [1.29, 1.82) is 0 Å². The second-order valence-electron chi connectivity index (χ2n) is 5.94. The molecule has 1 N–H and O–H groups in total. The number of ether oxygens (including phenoxy) is 1. The van der Waals surface area contributed by atoms with Crippen molar-refractivity contribution >= 4 is 15.7 Å². The summed E-state index contributed by atoms with van der Waals surface area (Å²) in [5.74, 6) is 0.317. The molecule has 2 atom stereocenters. The largest absolute Gasteiger partial charge is 0.383 e. The second-order valence-corrected chi connectivity index (χ2v) is 8.17. The Morgan fingerprint density at radius 3 is 2.76 bits per heavy atom. The topological polar surface area (TPSA) is 75.7 Å². The van der Waals surface area contributed by atoms with E-state index in [0.29, 0.717) is 19.6 Å². The highest BCUT2D eigenvalue weighted by atomic mass is 32.2. The van der Waals surface area contributed by atoms with Gasteiger partial charge < -0.3 is 15.0 Å². The minimum absolute atomic E-state index is 0.0380. The third kappa shape index (κ3) is 4.66. The van der Waals surface area contributed by atoms with Gasteiger partial charge >= 0.3 is 0 Å². The summed E-state index contributed by atoms with van der Waals surface area (Å²) in [6.07, 6.45) is 4.67. The van der Waals surface area contributed by atoms with Gasteiger partial charge in [-0.05, 0) is 25.8 Å². The number of carbonyl (C=O) groups excluding carboxylic acids is 1. The fourth-order valence-corrected chi connectivity index (χ4v) is 4.85. The Morgan fingerprint density at radius 1 is 1.29 bits per heavy atom. The molecule has 1 amide bonds. The van der Waals surface area contributed by atoms with Gasteiger partial charge in [-0.2, -0.15) is 0 Å². The number of nitrogens with one attached hydrogen (secondary N) is 1. The molecule has 6 nitrogen and oxygen atoms in total. The van der Waals surface area contributed by atoms with Crippen LogP contribution in [0.2, 0.25) is 0 Å². The van der Waals surface area contributed by atoms with Crippen LogP contribution < -0.4 is 5.32 Å². The third-order valence-electron chi connectivity index (χ3n) is 4.33. The molecular formula is C14H26N2O4S. The number of rotatable bonds is 5. The van der Waals surface area contributed by atoms with Gasteiger partial charge in [0.15, 0.2) is 9.84 Å². The summed E-state index contributed by atoms with van der Waals surface area (Å²) >= 11 is 0. The first kappa shape index (κ1) is 16.7. The zero-order valence-electron chi connectivity index (χ0n) is 12.7. The van der Waals surface area contributed by atoms with E-state index < -0.39 is 9.84 Å². The Labute approximate surface area is 127 Å². The lowest BCUT2D eigenvalue weighted by molar-refractivity contribution is -0.136. The van der Waals surface area contributed by atoms with E-state index in [0.717, 1.165) is 32.2 Å². The Hall–Kier alpha value is -0.660. The summed E-state index contributed by atoms with van der Waals surface area (Å²) in [6, 6.07) is -0.365. The Bertz CT molecular complexity index is 444. The zero-order valence-corrected chi connectivity index (χ0v) is 13.5. The quantitative estimate of drug-likeness (QED) is 0.783. The van der Waals surface area contributed by atoms with E-state index in [1.54, 1.807) is 12.0 Å². The molecule has 0 bridgehead atoms. The van der Waals surface area contributed by atoms with Crippen molar-refractivity contribution in [2.45, 2.75) is 44.2 Å². The summed E-state index contributed by atoms with van der Waals surface area (Å²) in [6.45, 7) is 1.76. The number of carbonyl (C=O) groups is 1. The molecule has 2 unspecified atom stereocenters. The Balaban J connectivity index is 2.05. The zero-order chi connectivity index (χ0) is 15.3. The molecule has 0 radical (unpaired) electrons. The second kappa shape index (κ2) is 7.56. The van der Waals surface area contributed by atoms with Crippen LogP contribution in [-0.2, 0) is 19.4 Å². The lowest BCUT2D eigenvalue weighted by Gasteiger charge is -2.31.